The number of hydrogen-bond donors (Lipinski definition) is 0. The molecule has 0 bridgehead atoms. The van der Waals surface area contributed by atoms with Crippen molar-refractivity contribution in [3.8, 4) is 22.8 Å². The molecule has 31 heavy (non-hydrogen) atoms. The molecule has 1 saturated heterocycles. The smallest absolute Gasteiger partial charge is 0.254 e. The molecule has 3 aromatic rings. The Kier molecular flexibility index (Phi) is 6.02. The van der Waals surface area contributed by atoms with Crippen molar-refractivity contribution in [2.45, 2.75) is 6.92 Å². The number of ether oxygens (including phenoxy) is 2. The standard InChI is InChI=1S/C24H26N4O3/c1-17-6-4-5-7-19(17)20-9-11-23(26-25-20)27-12-14-28(15-13-27)24(29)18-8-10-21(30-2)22(16-18)31-3/h4-11,16H,12-15H2,1-3H3. The maximum Gasteiger partial charge on any atom is 0.254 e. The van der Waals surface area contributed by atoms with Crippen LogP contribution in [0.2, 0.25) is 0 Å². The van der Waals surface area contributed by atoms with E-state index in [4.69, 9.17) is 9.47 Å². The molecule has 0 aliphatic carbocycles. The second-order valence-electron chi connectivity index (χ2n) is 7.44. The molecule has 0 radical (unpaired) electrons. The number of benzene rings is 2. The van der Waals surface area contributed by atoms with Gasteiger partial charge in [-0.2, -0.15) is 0 Å². The summed E-state index contributed by atoms with van der Waals surface area (Å²) in [6, 6.07) is 17.4. The summed E-state index contributed by atoms with van der Waals surface area (Å²) in [4.78, 5) is 16.9. The van der Waals surface area contributed by atoms with Gasteiger partial charge in [0.2, 0.25) is 0 Å². The zero-order valence-corrected chi connectivity index (χ0v) is 18.0. The highest BCUT2D eigenvalue weighted by molar-refractivity contribution is 5.95. The number of anilines is 1. The van der Waals surface area contributed by atoms with E-state index < -0.39 is 0 Å². The number of nitrogens with zero attached hydrogens (tertiary/aromatic N) is 4. The van der Waals surface area contributed by atoms with Crippen LogP contribution in [0.1, 0.15) is 15.9 Å². The molecule has 4 rings (SSSR count). The Hall–Kier alpha value is -3.61. The number of rotatable bonds is 5. The summed E-state index contributed by atoms with van der Waals surface area (Å²) in [5.41, 5.74) is 3.72. The Morgan fingerprint density at radius 3 is 2.26 bits per heavy atom. The number of aromatic nitrogens is 2. The Morgan fingerprint density at radius 2 is 1.61 bits per heavy atom. The van der Waals surface area contributed by atoms with Crippen LogP contribution in [0, 0.1) is 6.92 Å². The number of piperazine rings is 1. The van der Waals surface area contributed by atoms with Gasteiger partial charge in [-0.15, -0.1) is 10.2 Å². The number of aryl methyl sites for hydroxylation is 1. The van der Waals surface area contributed by atoms with Crippen LogP contribution in [0.25, 0.3) is 11.3 Å². The highest BCUT2D eigenvalue weighted by atomic mass is 16.5. The molecule has 1 amide bonds. The highest BCUT2D eigenvalue weighted by Gasteiger charge is 2.24. The highest BCUT2D eigenvalue weighted by Crippen LogP contribution is 2.28. The van der Waals surface area contributed by atoms with Crippen LogP contribution in [0.4, 0.5) is 5.82 Å². The number of hydrogen-bond acceptors (Lipinski definition) is 6. The van der Waals surface area contributed by atoms with Crippen molar-refractivity contribution in [2.24, 2.45) is 0 Å². The summed E-state index contributed by atoms with van der Waals surface area (Å²) in [6.45, 7) is 4.72. The van der Waals surface area contributed by atoms with E-state index in [1.807, 2.05) is 29.2 Å². The lowest BCUT2D eigenvalue weighted by atomic mass is 10.1. The fourth-order valence-corrected chi connectivity index (χ4v) is 3.79. The lowest BCUT2D eigenvalue weighted by Gasteiger charge is -2.35. The molecule has 160 valence electrons. The monoisotopic (exact) mass is 418 g/mol. The zero-order chi connectivity index (χ0) is 21.8. The Labute approximate surface area is 182 Å². The molecule has 1 aromatic heterocycles. The number of amides is 1. The van der Waals surface area contributed by atoms with Gasteiger partial charge in [0, 0.05) is 37.3 Å². The van der Waals surface area contributed by atoms with Crippen molar-refractivity contribution in [3.05, 3.63) is 65.7 Å². The minimum atomic E-state index is -0.0124. The summed E-state index contributed by atoms with van der Waals surface area (Å²) in [5, 5.41) is 8.86. The maximum absolute atomic E-state index is 12.9. The van der Waals surface area contributed by atoms with Gasteiger partial charge in [-0.25, -0.2) is 0 Å². The molecule has 2 aromatic carbocycles. The molecule has 0 spiro atoms. The first-order valence-corrected chi connectivity index (χ1v) is 10.3. The molecule has 1 aliphatic rings. The molecule has 7 heteroatoms. The average Bonchev–Trinajstić information content (AvgIpc) is 2.83. The lowest BCUT2D eigenvalue weighted by molar-refractivity contribution is 0.0746. The molecule has 1 fully saturated rings. The SMILES string of the molecule is COc1ccc(C(=O)N2CCN(c3ccc(-c4ccccc4C)nn3)CC2)cc1OC. The van der Waals surface area contributed by atoms with Gasteiger partial charge in [-0.05, 0) is 42.8 Å². The first-order chi connectivity index (χ1) is 15.1. The van der Waals surface area contributed by atoms with E-state index in [1.165, 1.54) is 5.56 Å². The van der Waals surface area contributed by atoms with Gasteiger partial charge in [0.15, 0.2) is 17.3 Å². The van der Waals surface area contributed by atoms with Crippen molar-refractivity contribution in [1.29, 1.82) is 0 Å². The van der Waals surface area contributed by atoms with E-state index in [0.29, 0.717) is 43.2 Å². The van der Waals surface area contributed by atoms with Crippen LogP contribution in [-0.2, 0) is 0 Å². The van der Waals surface area contributed by atoms with Crippen LogP contribution in [-0.4, -0.2) is 61.4 Å². The van der Waals surface area contributed by atoms with Gasteiger partial charge in [-0.3, -0.25) is 4.79 Å². The van der Waals surface area contributed by atoms with E-state index in [-0.39, 0.29) is 5.91 Å². The third-order valence-corrected chi connectivity index (χ3v) is 5.59. The normalized spacial score (nSPS) is 13.8. The minimum Gasteiger partial charge on any atom is -0.493 e. The number of carbonyl (C=O) groups is 1. The topological polar surface area (TPSA) is 67.8 Å². The number of methoxy groups -OCH3 is 2. The maximum atomic E-state index is 12.9. The fourth-order valence-electron chi connectivity index (χ4n) is 3.79. The van der Waals surface area contributed by atoms with Crippen LogP contribution in [0.15, 0.2) is 54.6 Å². The van der Waals surface area contributed by atoms with Gasteiger partial charge >= 0.3 is 0 Å². The molecule has 0 saturated carbocycles. The fraction of sp³-hybridized carbons (Fsp3) is 0.292. The molecular formula is C24H26N4O3. The van der Waals surface area contributed by atoms with Crippen LogP contribution >= 0.6 is 0 Å². The number of carbonyl (C=O) groups excluding carboxylic acids is 1. The first-order valence-electron chi connectivity index (χ1n) is 10.3. The summed E-state index contributed by atoms with van der Waals surface area (Å²) >= 11 is 0. The molecule has 1 aliphatic heterocycles. The van der Waals surface area contributed by atoms with Crippen LogP contribution in [0.3, 0.4) is 0 Å². The average molecular weight is 418 g/mol. The van der Waals surface area contributed by atoms with E-state index in [1.54, 1.807) is 32.4 Å². The molecule has 0 N–H and O–H groups in total. The van der Waals surface area contributed by atoms with Gasteiger partial charge < -0.3 is 19.3 Å². The van der Waals surface area contributed by atoms with Crippen LogP contribution < -0.4 is 14.4 Å². The van der Waals surface area contributed by atoms with Gasteiger partial charge in [0.25, 0.3) is 5.91 Å². The molecular weight excluding hydrogens is 392 g/mol. The third-order valence-electron chi connectivity index (χ3n) is 5.59. The first kappa shape index (κ1) is 20.7. The Morgan fingerprint density at radius 1 is 0.871 bits per heavy atom. The summed E-state index contributed by atoms with van der Waals surface area (Å²) < 4.78 is 10.6. The summed E-state index contributed by atoms with van der Waals surface area (Å²) in [6.07, 6.45) is 0. The van der Waals surface area contributed by atoms with E-state index >= 15 is 0 Å². The Balaban J connectivity index is 1.41. The second-order valence-corrected chi connectivity index (χ2v) is 7.44. The summed E-state index contributed by atoms with van der Waals surface area (Å²) in [7, 11) is 3.14. The van der Waals surface area contributed by atoms with Gasteiger partial charge in [0.1, 0.15) is 0 Å². The molecule has 2 heterocycles. The van der Waals surface area contributed by atoms with Crippen molar-refractivity contribution >= 4 is 11.7 Å². The molecule has 0 unspecified atom stereocenters. The van der Waals surface area contributed by atoms with Crippen molar-refractivity contribution in [2.75, 3.05) is 45.3 Å². The van der Waals surface area contributed by atoms with Gasteiger partial charge in [-0.1, -0.05) is 24.3 Å². The van der Waals surface area contributed by atoms with Crippen molar-refractivity contribution in [3.63, 3.8) is 0 Å². The quantitative estimate of drug-likeness (QED) is 0.632. The lowest BCUT2D eigenvalue weighted by Crippen LogP contribution is -2.49. The summed E-state index contributed by atoms with van der Waals surface area (Å²) in [5.74, 6) is 1.98. The van der Waals surface area contributed by atoms with E-state index in [2.05, 4.69) is 34.2 Å². The second kappa shape index (κ2) is 9.04. The van der Waals surface area contributed by atoms with Crippen LogP contribution in [0.5, 0.6) is 11.5 Å². The predicted octanol–water partition coefficient (Wildman–Crippen LogP) is 3.43. The Bertz CT molecular complexity index is 1060. The van der Waals surface area contributed by atoms with Gasteiger partial charge in [0.05, 0.1) is 19.9 Å². The third kappa shape index (κ3) is 4.30. The van der Waals surface area contributed by atoms with E-state index in [9.17, 15) is 4.79 Å². The molecule has 0 atom stereocenters. The predicted molar refractivity (Wildman–Crippen MR) is 120 cm³/mol. The zero-order valence-electron chi connectivity index (χ0n) is 18.0. The molecule has 7 nitrogen and oxygen atoms in total. The van der Waals surface area contributed by atoms with E-state index in [0.717, 1.165) is 17.1 Å². The van der Waals surface area contributed by atoms with Crippen molar-refractivity contribution < 1.29 is 14.3 Å². The minimum absolute atomic E-state index is 0.0124. The van der Waals surface area contributed by atoms with Crippen molar-refractivity contribution in [1.82, 2.24) is 15.1 Å². The largest absolute Gasteiger partial charge is 0.493 e.